The van der Waals surface area contributed by atoms with Gasteiger partial charge in [0.25, 0.3) is 16.4 Å². The lowest BCUT2D eigenvalue weighted by molar-refractivity contribution is 0.0566. The van der Waals surface area contributed by atoms with E-state index in [2.05, 4.69) is 6.58 Å². The number of halogens is 3. The Morgan fingerprint density at radius 3 is 2.11 bits per heavy atom. The van der Waals surface area contributed by atoms with Gasteiger partial charge in [-0.05, 0) is 24.3 Å². The lowest BCUT2D eigenvalue weighted by Crippen LogP contribution is -2.40. The lowest BCUT2D eigenvalue weighted by Gasteiger charge is -2.25. The van der Waals surface area contributed by atoms with Crippen LogP contribution in [-0.2, 0) is 10.0 Å². The van der Waals surface area contributed by atoms with Crippen LogP contribution < -0.4 is 4.31 Å². The van der Waals surface area contributed by atoms with Crippen LogP contribution in [0.25, 0.3) is 0 Å². The summed E-state index contributed by atoms with van der Waals surface area (Å²) in [5.41, 5.74) is -0.333. The molecule has 0 heterocycles. The second-order valence-electron chi connectivity index (χ2n) is 3.23. The van der Waals surface area contributed by atoms with E-state index in [-0.39, 0.29) is 15.7 Å². The van der Waals surface area contributed by atoms with Crippen LogP contribution in [0.2, 0.25) is 0 Å². The van der Waals surface area contributed by atoms with Gasteiger partial charge in [-0.2, -0.15) is 0 Å². The molecule has 0 spiro atoms. The second-order valence-corrected chi connectivity index (χ2v) is 4.99. The number of phenolic OH excluding ortho intramolecular Hbond substituents is 1. The predicted molar refractivity (Wildman–Crippen MR) is 60.6 cm³/mol. The van der Waals surface area contributed by atoms with Crippen molar-refractivity contribution in [1.82, 2.24) is 0 Å². The molecule has 8 heteroatoms. The van der Waals surface area contributed by atoms with Gasteiger partial charge in [-0.3, -0.25) is 0 Å². The molecule has 0 saturated carbocycles. The highest BCUT2D eigenvalue weighted by Crippen LogP contribution is 2.27. The highest BCUT2D eigenvalue weighted by atomic mass is 32.2. The van der Waals surface area contributed by atoms with Crippen LogP contribution in [0.4, 0.5) is 18.9 Å². The quantitative estimate of drug-likeness (QED) is 0.842. The van der Waals surface area contributed by atoms with Crippen molar-refractivity contribution in [3.05, 3.63) is 36.3 Å². The Balaban J connectivity index is 3.29. The molecule has 1 N–H and O–H groups in total. The maximum atomic E-state index is 13.3. The number of alkyl halides is 3. The average molecular weight is 281 g/mol. The molecule has 0 bridgehead atoms. The molecule has 0 amide bonds. The van der Waals surface area contributed by atoms with Crippen LogP contribution in [0.3, 0.4) is 0 Å². The highest BCUT2D eigenvalue weighted by Gasteiger charge is 2.34. The molecule has 0 aliphatic carbocycles. The van der Waals surface area contributed by atoms with Crippen LogP contribution >= 0.6 is 0 Å². The highest BCUT2D eigenvalue weighted by molar-refractivity contribution is 7.95. The normalized spacial score (nSPS) is 13.3. The van der Waals surface area contributed by atoms with Gasteiger partial charge < -0.3 is 5.11 Å². The molecule has 0 saturated heterocycles. The number of sulfonamides is 1. The number of phenols is 1. The van der Waals surface area contributed by atoms with Gasteiger partial charge in [0.15, 0.2) is 0 Å². The average Bonchev–Trinajstić information content (AvgIpc) is 2.31. The van der Waals surface area contributed by atoms with Crippen molar-refractivity contribution in [3.63, 3.8) is 0 Å². The summed E-state index contributed by atoms with van der Waals surface area (Å²) in [7, 11) is -4.41. The Hall–Kier alpha value is -1.70. The third-order valence-electron chi connectivity index (χ3n) is 2.02. The van der Waals surface area contributed by atoms with Gasteiger partial charge in [0.05, 0.1) is 5.69 Å². The second kappa shape index (κ2) is 5.30. The molecule has 0 aromatic heterocycles. The van der Waals surface area contributed by atoms with E-state index >= 15 is 0 Å². The Labute approximate surface area is 102 Å². The number of anilines is 1. The molecular formula is C10H10F3NO3S. The van der Waals surface area contributed by atoms with Gasteiger partial charge in [-0.15, -0.1) is 0 Å². The standard InChI is InChI=1S/C10H10F3NO3S/c1-2-18(16,17)14(10(13)9(11)12)7-3-5-8(15)6-4-7/h2-6,9-10,15H,1H2. The largest absolute Gasteiger partial charge is 0.508 e. The topological polar surface area (TPSA) is 57.6 Å². The summed E-state index contributed by atoms with van der Waals surface area (Å²) in [5.74, 6) is -0.206. The summed E-state index contributed by atoms with van der Waals surface area (Å²) >= 11 is 0. The van der Waals surface area contributed by atoms with E-state index in [0.717, 1.165) is 24.3 Å². The van der Waals surface area contributed by atoms with Crippen molar-refractivity contribution in [2.24, 2.45) is 0 Å². The van der Waals surface area contributed by atoms with E-state index in [1.165, 1.54) is 0 Å². The summed E-state index contributed by atoms with van der Waals surface area (Å²) in [6, 6.07) is 4.12. The Bertz CT molecular complexity index is 516. The number of benzene rings is 1. The van der Waals surface area contributed by atoms with E-state index in [1.54, 1.807) is 0 Å². The Kier molecular flexibility index (Phi) is 4.23. The molecule has 1 aromatic rings. The summed E-state index contributed by atoms with van der Waals surface area (Å²) < 4.78 is 60.9. The Morgan fingerprint density at radius 2 is 1.72 bits per heavy atom. The molecule has 1 aromatic carbocycles. The zero-order valence-corrected chi connectivity index (χ0v) is 9.82. The van der Waals surface area contributed by atoms with Crippen molar-refractivity contribution in [2.75, 3.05) is 4.31 Å². The first-order valence-corrected chi connectivity index (χ1v) is 6.18. The first kappa shape index (κ1) is 14.4. The third kappa shape index (κ3) is 2.95. The number of aromatic hydroxyl groups is 1. The lowest BCUT2D eigenvalue weighted by atomic mass is 10.3. The number of rotatable bonds is 5. The van der Waals surface area contributed by atoms with Crippen molar-refractivity contribution in [1.29, 1.82) is 0 Å². The van der Waals surface area contributed by atoms with Gasteiger partial charge in [0.2, 0.25) is 6.30 Å². The third-order valence-corrected chi connectivity index (χ3v) is 3.40. The van der Waals surface area contributed by atoms with Crippen LogP contribution in [0.15, 0.2) is 36.3 Å². The summed E-state index contributed by atoms with van der Waals surface area (Å²) in [6.07, 6.45) is -6.54. The first-order chi connectivity index (χ1) is 8.29. The minimum absolute atomic E-state index is 0.0931. The van der Waals surface area contributed by atoms with Crippen molar-refractivity contribution in [3.8, 4) is 5.75 Å². The monoisotopic (exact) mass is 281 g/mol. The van der Waals surface area contributed by atoms with E-state index in [1.807, 2.05) is 0 Å². The number of hydrogen-bond donors (Lipinski definition) is 1. The zero-order valence-electron chi connectivity index (χ0n) is 9.00. The number of hydrogen-bond acceptors (Lipinski definition) is 3. The maximum Gasteiger partial charge on any atom is 0.288 e. The fourth-order valence-corrected chi connectivity index (χ4v) is 2.16. The van der Waals surface area contributed by atoms with Gasteiger partial charge >= 0.3 is 0 Å². The predicted octanol–water partition coefficient (Wildman–Crippen LogP) is 2.23. The van der Waals surface area contributed by atoms with Crippen molar-refractivity contribution < 1.29 is 26.7 Å². The van der Waals surface area contributed by atoms with E-state index in [9.17, 15) is 21.6 Å². The van der Waals surface area contributed by atoms with Gasteiger partial charge in [0.1, 0.15) is 5.75 Å². The summed E-state index contributed by atoms with van der Waals surface area (Å²) in [4.78, 5) is 0. The first-order valence-electron chi connectivity index (χ1n) is 4.67. The van der Waals surface area contributed by atoms with E-state index in [4.69, 9.17) is 5.11 Å². The van der Waals surface area contributed by atoms with E-state index < -0.39 is 22.7 Å². The molecule has 100 valence electrons. The van der Waals surface area contributed by atoms with Crippen molar-refractivity contribution in [2.45, 2.75) is 12.7 Å². The summed E-state index contributed by atoms with van der Waals surface area (Å²) in [5, 5.41) is 9.39. The fourth-order valence-electron chi connectivity index (χ4n) is 1.21. The van der Waals surface area contributed by atoms with Crippen LogP contribution in [0.1, 0.15) is 0 Å². The molecule has 0 aliphatic heterocycles. The smallest absolute Gasteiger partial charge is 0.288 e. The molecule has 4 nitrogen and oxygen atoms in total. The van der Waals surface area contributed by atoms with Gasteiger partial charge in [-0.1, -0.05) is 6.58 Å². The molecular weight excluding hydrogens is 271 g/mol. The SMILES string of the molecule is C=CS(=O)(=O)N(c1ccc(O)cc1)C(F)C(F)F. The molecule has 0 aliphatic rings. The molecule has 0 fully saturated rings. The molecule has 18 heavy (non-hydrogen) atoms. The van der Waals surface area contributed by atoms with Crippen molar-refractivity contribution >= 4 is 15.7 Å². The minimum Gasteiger partial charge on any atom is -0.508 e. The molecule has 1 unspecified atom stereocenters. The zero-order chi connectivity index (χ0) is 13.9. The minimum atomic E-state index is -4.41. The van der Waals surface area contributed by atoms with Crippen LogP contribution in [0, 0.1) is 0 Å². The van der Waals surface area contributed by atoms with Gasteiger partial charge in [0, 0.05) is 5.41 Å². The van der Waals surface area contributed by atoms with Gasteiger partial charge in [-0.25, -0.2) is 25.9 Å². The van der Waals surface area contributed by atoms with Crippen LogP contribution in [-0.4, -0.2) is 26.2 Å². The molecule has 1 atom stereocenters. The number of nitrogens with zero attached hydrogens (tertiary/aromatic N) is 1. The van der Waals surface area contributed by atoms with E-state index in [0.29, 0.717) is 5.41 Å². The summed E-state index contributed by atoms with van der Waals surface area (Å²) in [6.45, 7) is 2.95. The Morgan fingerprint density at radius 1 is 1.22 bits per heavy atom. The molecule has 0 radical (unpaired) electrons. The maximum absolute atomic E-state index is 13.3. The van der Waals surface area contributed by atoms with Crippen LogP contribution in [0.5, 0.6) is 5.75 Å². The fraction of sp³-hybridized carbons (Fsp3) is 0.200. The molecule has 1 rings (SSSR count).